The minimum Gasteiger partial charge on any atom is -0.462 e. The van der Waals surface area contributed by atoms with E-state index in [0.29, 0.717) is 25.7 Å². The van der Waals surface area contributed by atoms with Gasteiger partial charge in [0, 0.05) is 19.3 Å². The zero-order valence-electron chi connectivity index (χ0n) is 51.3. The molecule has 0 spiro atoms. The monoisotopic (exact) mass is 1090 g/mol. The van der Waals surface area contributed by atoms with Gasteiger partial charge in [-0.25, -0.2) is 0 Å². The molecule has 0 saturated carbocycles. The van der Waals surface area contributed by atoms with Gasteiger partial charge in [-0.3, -0.25) is 14.4 Å². The number of allylic oxidation sites excluding steroid dienone is 22. The van der Waals surface area contributed by atoms with Crippen LogP contribution in [0.3, 0.4) is 0 Å². The van der Waals surface area contributed by atoms with Gasteiger partial charge in [0.25, 0.3) is 0 Å². The standard InChI is InChI=1S/C73H120O6/c1-4-7-10-13-16-19-22-25-28-30-32-34-35-36-37-39-40-42-45-48-51-54-57-60-63-66-72(75)78-69-70(68-77-71(74)65-62-59-56-53-50-47-44-27-24-21-18-15-12-9-6-3)79-73(76)67-64-61-58-55-52-49-46-43-41-38-33-31-29-26-23-20-17-14-11-8-5-2/h7,9-10,12,16,18-19,21,25,27-28,32,34,36-37,40,42,44,48,50-51,53,70H,4-6,8,11,13-15,17,20,22-24,26,29-31,33,35,38-39,41,43,45-47,49,52,54-69H2,1-3H3/b10-7-,12-9-,19-16-,21-18-,28-25-,34-32-,37-36-,42-40-,44-27-,51-48-,53-50-. The molecule has 0 aromatic rings. The molecule has 0 rings (SSSR count). The molecule has 0 fully saturated rings. The second-order valence-corrected chi connectivity index (χ2v) is 21.3. The molecule has 0 aromatic heterocycles. The third-order valence-corrected chi connectivity index (χ3v) is 13.7. The SMILES string of the molecule is CC/C=C\C/C=C\C/C=C\C/C=C\C/C=C\C/C=C\C/C=C\CCCCCC(=O)OCC(COC(=O)CCCC/C=C\C/C=C\C/C=C\C/C=C\CC)OC(=O)CCCCCCCCCCCCCCCCCCCCCCC. The smallest absolute Gasteiger partial charge is 0.306 e. The quantitative estimate of drug-likeness (QED) is 0.0261. The van der Waals surface area contributed by atoms with Crippen molar-refractivity contribution >= 4 is 17.9 Å². The maximum absolute atomic E-state index is 12.9. The topological polar surface area (TPSA) is 78.9 Å². The molecular weight excluding hydrogens is 973 g/mol. The van der Waals surface area contributed by atoms with Crippen LogP contribution in [0, 0.1) is 0 Å². The van der Waals surface area contributed by atoms with E-state index >= 15 is 0 Å². The Hall–Kier alpha value is -4.45. The van der Waals surface area contributed by atoms with Crippen LogP contribution in [0.2, 0.25) is 0 Å². The molecule has 0 aromatic carbocycles. The summed E-state index contributed by atoms with van der Waals surface area (Å²) in [6.45, 7) is 6.37. The van der Waals surface area contributed by atoms with Crippen LogP contribution in [0.25, 0.3) is 0 Å². The minimum atomic E-state index is -0.814. The van der Waals surface area contributed by atoms with Crippen molar-refractivity contribution in [2.45, 2.75) is 297 Å². The number of hydrogen-bond acceptors (Lipinski definition) is 6. The molecular formula is C73H120O6. The van der Waals surface area contributed by atoms with Gasteiger partial charge in [0.05, 0.1) is 0 Å². The van der Waals surface area contributed by atoms with Gasteiger partial charge in [-0.05, 0) is 116 Å². The van der Waals surface area contributed by atoms with Gasteiger partial charge in [0.1, 0.15) is 13.2 Å². The van der Waals surface area contributed by atoms with Crippen LogP contribution >= 0.6 is 0 Å². The van der Waals surface area contributed by atoms with Gasteiger partial charge in [-0.2, -0.15) is 0 Å². The number of carbonyl (C=O) groups excluding carboxylic acids is 3. The molecule has 0 aliphatic rings. The number of rotatable bonds is 58. The first-order valence-electron chi connectivity index (χ1n) is 32.7. The third kappa shape index (κ3) is 64.3. The van der Waals surface area contributed by atoms with Gasteiger partial charge in [-0.15, -0.1) is 0 Å². The van der Waals surface area contributed by atoms with Crippen LogP contribution in [0.1, 0.15) is 290 Å². The summed E-state index contributed by atoms with van der Waals surface area (Å²) in [6.07, 6.45) is 93.2. The summed E-state index contributed by atoms with van der Waals surface area (Å²) in [6, 6.07) is 0. The van der Waals surface area contributed by atoms with Crippen molar-refractivity contribution in [1.82, 2.24) is 0 Å². The van der Waals surface area contributed by atoms with E-state index in [0.717, 1.165) is 128 Å². The zero-order valence-corrected chi connectivity index (χ0v) is 51.3. The number of ether oxygens (including phenoxy) is 3. The van der Waals surface area contributed by atoms with Crippen LogP contribution in [0.15, 0.2) is 134 Å². The van der Waals surface area contributed by atoms with E-state index in [1.165, 1.54) is 116 Å². The highest BCUT2D eigenvalue weighted by Gasteiger charge is 2.19. The second-order valence-electron chi connectivity index (χ2n) is 21.3. The van der Waals surface area contributed by atoms with Gasteiger partial charge in [0.2, 0.25) is 0 Å². The highest BCUT2D eigenvalue weighted by Crippen LogP contribution is 2.16. The fourth-order valence-corrected chi connectivity index (χ4v) is 8.83. The molecule has 6 nitrogen and oxygen atoms in total. The predicted octanol–water partition coefficient (Wildman–Crippen LogP) is 22.5. The average Bonchev–Trinajstić information content (AvgIpc) is 3.45. The van der Waals surface area contributed by atoms with Crippen LogP contribution in [0.5, 0.6) is 0 Å². The average molecular weight is 1090 g/mol. The Morgan fingerprint density at radius 1 is 0.266 bits per heavy atom. The van der Waals surface area contributed by atoms with Crippen molar-refractivity contribution in [3.63, 3.8) is 0 Å². The van der Waals surface area contributed by atoms with E-state index in [1.807, 2.05) is 0 Å². The summed E-state index contributed by atoms with van der Waals surface area (Å²) < 4.78 is 16.9. The van der Waals surface area contributed by atoms with Gasteiger partial charge >= 0.3 is 17.9 Å². The van der Waals surface area contributed by atoms with Crippen molar-refractivity contribution in [2.24, 2.45) is 0 Å². The van der Waals surface area contributed by atoms with Crippen LogP contribution < -0.4 is 0 Å². The van der Waals surface area contributed by atoms with E-state index < -0.39 is 6.10 Å². The molecule has 0 bridgehead atoms. The van der Waals surface area contributed by atoms with Gasteiger partial charge < -0.3 is 14.2 Å². The van der Waals surface area contributed by atoms with Crippen molar-refractivity contribution in [1.29, 1.82) is 0 Å². The molecule has 0 radical (unpaired) electrons. The number of hydrogen-bond donors (Lipinski definition) is 0. The Morgan fingerprint density at radius 2 is 0.494 bits per heavy atom. The summed E-state index contributed by atoms with van der Waals surface area (Å²) in [5.74, 6) is -0.976. The molecule has 0 aliphatic heterocycles. The Balaban J connectivity index is 4.46. The van der Waals surface area contributed by atoms with Crippen LogP contribution in [0.4, 0.5) is 0 Å². The van der Waals surface area contributed by atoms with E-state index in [4.69, 9.17) is 14.2 Å². The summed E-state index contributed by atoms with van der Waals surface area (Å²) in [5.41, 5.74) is 0. The summed E-state index contributed by atoms with van der Waals surface area (Å²) in [7, 11) is 0. The first kappa shape index (κ1) is 74.5. The Morgan fingerprint density at radius 3 is 0.797 bits per heavy atom. The zero-order chi connectivity index (χ0) is 57.1. The molecule has 448 valence electrons. The summed E-state index contributed by atoms with van der Waals surface area (Å²) in [4.78, 5) is 38.3. The van der Waals surface area contributed by atoms with Crippen molar-refractivity contribution < 1.29 is 28.6 Å². The van der Waals surface area contributed by atoms with Crippen molar-refractivity contribution in [3.05, 3.63) is 134 Å². The predicted molar refractivity (Wildman–Crippen MR) is 343 cm³/mol. The van der Waals surface area contributed by atoms with E-state index in [-0.39, 0.29) is 31.1 Å². The highest BCUT2D eigenvalue weighted by molar-refractivity contribution is 5.71. The highest BCUT2D eigenvalue weighted by atomic mass is 16.6. The first-order valence-corrected chi connectivity index (χ1v) is 32.7. The number of unbranched alkanes of at least 4 members (excludes halogenated alkanes) is 25. The van der Waals surface area contributed by atoms with Gasteiger partial charge in [-0.1, -0.05) is 289 Å². The van der Waals surface area contributed by atoms with Crippen molar-refractivity contribution in [2.75, 3.05) is 13.2 Å². The van der Waals surface area contributed by atoms with E-state index in [9.17, 15) is 14.4 Å². The lowest BCUT2D eigenvalue weighted by Crippen LogP contribution is -2.30. The molecule has 0 saturated heterocycles. The van der Waals surface area contributed by atoms with E-state index in [2.05, 4.69) is 154 Å². The molecule has 6 heteroatoms. The molecule has 0 aliphatic carbocycles. The lowest BCUT2D eigenvalue weighted by atomic mass is 10.0. The lowest BCUT2D eigenvalue weighted by molar-refractivity contribution is -0.167. The Labute approximate surface area is 487 Å². The van der Waals surface area contributed by atoms with E-state index in [1.54, 1.807) is 0 Å². The molecule has 1 unspecified atom stereocenters. The summed E-state index contributed by atoms with van der Waals surface area (Å²) >= 11 is 0. The third-order valence-electron chi connectivity index (χ3n) is 13.7. The minimum absolute atomic E-state index is 0.111. The number of carbonyl (C=O) groups is 3. The maximum Gasteiger partial charge on any atom is 0.306 e. The fourth-order valence-electron chi connectivity index (χ4n) is 8.83. The molecule has 79 heavy (non-hydrogen) atoms. The number of esters is 3. The van der Waals surface area contributed by atoms with Crippen LogP contribution in [-0.4, -0.2) is 37.2 Å². The normalized spacial score (nSPS) is 13.0. The molecule has 1 atom stereocenters. The van der Waals surface area contributed by atoms with Crippen molar-refractivity contribution in [3.8, 4) is 0 Å². The Bertz CT molecular complexity index is 1680. The first-order chi connectivity index (χ1) is 39.0. The summed E-state index contributed by atoms with van der Waals surface area (Å²) in [5, 5.41) is 0. The maximum atomic E-state index is 12.9. The lowest BCUT2D eigenvalue weighted by Gasteiger charge is -2.18. The molecule has 0 amide bonds. The molecule has 0 N–H and O–H groups in total. The molecule has 0 heterocycles. The second kappa shape index (κ2) is 66.1. The van der Waals surface area contributed by atoms with Gasteiger partial charge in [0.15, 0.2) is 6.10 Å². The van der Waals surface area contributed by atoms with Crippen LogP contribution in [-0.2, 0) is 28.6 Å². The Kier molecular flexibility index (Phi) is 62.3. The fraction of sp³-hybridized carbons (Fsp3) is 0.658. The largest absolute Gasteiger partial charge is 0.462 e.